The van der Waals surface area contributed by atoms with Crippen molar-refractivity contribution in [1.82, 2.24) is 25.0 Å². The molecule has 6 nitrogen and oxygen atoms in total. The fourth-order valence-corrected chi connectivity index (χ4v) is 1.66. The summed E-state index contributed by atoms with van der Waals surface area (Å²) in [5.74, 6) is 0.911. The lowest BCUT2D eigenvalue weighted by molar-refractivity contribution is 0.186. The number of hydrogen-bond acceptors (Lipinski definition) is 3. The highest BCUT2D eigenvalue weighted by molar-refractivity contribution is 5.74. The van der Waals surface area contributed by atoms with Crippen LogP contribution in [-0.4, -0.2) is 45.3 Å². The molecule has 0 aromatic carbocycles. The molecule has 1 aromatic heterocycles. The molecule has 0 radical (unpaired) electrons. The molecule has 82 valence electrons. The first-order valence-electron chi connectivity index (χ1n) is 5.13. The summed E-state index contributed by atoms with van der Waals surface area (Å²) in [5.41, 5.74) is 0. The largest absolute Gasteiger partial charge is 0.338 e. The highest BCUT2D eigenvalue weighted by Gasteiger charge is 2.17. The third kappa shape index (κ3) is 2.26. The van der Waals surface area contributed by atoms with Gasteiger partial charge in [-0.05, 0) is 6.42 Å². The van der Waals surface area contributed by atoms with Crippen LogP contribution < -0.4 is 5.32 Å². The van der Waals surface area contributed by atoms with Crippen molar-refractivity contribution in [3.8, 4) is 0 Å². The minimum atomic E-state index is 0.0309. The van der Waals surface area contributed by atoms with Crippen LogP contribution in [0.3, 0.4) is 0 Å². The van der Waals surface area contributed by atoms with Crippen molar-refractivity contribution in [2.45, 2.75) is 12.8 Å². The fraction of sp³-hybridized carbons (Fsp3) is 0.667. The van der Waals surface area contributed by atoms with Crippen LogP contribution in [0.4, 0.5) is 4.79 Å². The summed E-state index contributed by atoms with van der Waals surface area (Å²) in [6, 6.07) is 0.0309. The monoisotopic (exact) mass is 209 g/mol. The molecule has 0 atom stereocenters. The zero-order valence-corrected chi connectivity index (χ0v) is 8.81. The molecule has 2 amide bonds. The third-order valence-corrected chi connectivity index (χ3v) is 2.58. The van der Waals surface area contributed by atoms with Gasteiger partial charge < -0.3 is 14.8 Å². The zero-order chi connectivity index (χ0) is 10.7. The van der Waals surface area contributed by atoms with Crippen molar-refractivity contribution in [3.63, 3.8) is 0 Å². The predicted octanol–water partition coefficient (Wildman–Crippen LogP) is -0.227. The number of rotatable bonds is 3. The molecule has 0 unspecified atom stereocenters. The zero-order valence-electron chi connectivity index (χ0n) is 8.81. The van der Waals surface area contributed by atoms with E-state index in [-0.39, 0.29) is 6.03 Å². The Bertz CT molecular complexity index is 348. The van der Waals surface area contributed by atoms with Gasteiger partial charge in [0.25, 0.3) is 0 Å². The summed E-state index contributed by atoms with van der Waals surface area (Å²) in [6.07, 6.45) is 3.44. The van der Waals surface area contributed by atoms with E-state index in [1.165, 1.54) is 0 Å². The molecule has 1 aromatic rings. The first kappa shape index (κ1) is 9.95. The van der Waals surface area contributed by atoms with E-state index in [1.54, 1.807) is 6.33 Å². The number of carbonyl (C=O) groups is 1. The summed E-state index contributed by atoms with van der Waals surface area (Å²) in [5, 5.41) is 10.6. The van der Waals surface area contributed by atoms with Crippen LogP contribution in [0.1, 0.15) is 12.2 Å². The lowest BCUT2D eigenvalue weighted by Crippen LogP contribution is -2.47. The van der Waals surface area contributed by atoms with Gasteiger partial charge in [-0.3, -0.25) is 0 Å². The minimum Gasteiger partial charge on any atom is -0.338 e. The molecule has 0 bridgehead atoms. The normalized spacial score (nSPS) is 16.6. The Balaban J connectivity index is 1.87. The molecular formula is C9H15N5O. The van der Waals surface area contributed by atoms with Gasteiger partial charge in [0.1, 0.15) is 12.2 Å². The summed E-state index contributed by atoms with van der Waals surface area (Å²) in [7, 11) is 1.91. The molecular weight excluding hydrogens is 194 g/mol. The summed E-state index contributed by atoms with van der Waals surface area (Å²) < 4.78 is 1.88. The van der Waals surface area contributed by atoms with Gasteiger partial charge in [0, 0.05) is 33.1 Å². The van der Waals surface area contributed by atoms with E-state index in [2.05, 4.69) is 15.5 Å². The Kier molecular flexibility index (Phi) is 2.84. The van der Waals surface area contributed by atoms with Crippen LogP contribution >= 0.6 is 0 Å². The van der Waals surface area contributed by atoms with E-state index in [1.807, 2.05) is 16.5 Å². The van der Waals surface area contributed by atoms with Crippen LogP contribution in [0.25, 0.3) is 0 Å². The van der Waals surface area contributed by atoms with Gasteiger partial charge in [-0.25, -0.2) is 4.79 Å². The Morgan fingerprint density at radius 1 is 1.60 bits per heavy atom. The average molecular weight is 209 g/mol. The Labute approximate surface area is 88.3 Å². The van der Waals surface area contributed by atoms with Gasteiger partial charge in [-0.2, -0.15) is 0 Å². The quantitative estimate of drug-likeness (QED) is 0.748. The van der Waals surface area contributed by atoms with E-state index in [0.717, 1.165) is 31.8 Å². The van der Waals surface area contributed by atoms with Crippen molar-refractivity contribution >= 4 is 6.03 Å². The van der Waals surface area contributed by atoms with E-state index < -0.39 is 0 Å². The summed E-state index contributed by atoms with van der Waals surface area (Å²) in [4.78, 5) is 13.2. The smallest absolute Gasteiger partial charge is 0.317 e. The van der Waals surface area contributed by atoms with E-state index in [4.69, 9.17) is 0 Å². The second-order valence-electron chi connectivity index (χ2n) is 3.68. The van der Waals surface area contributed by atoms with Gasteiger partial charge in [0.05, 0.1) is 0 Å². The van der Waals surface area contributed by atoms with Crippen molar-refractivity contribution in [3.05, 3.63) is 12.2 Å². The minimum absolute atomic E-state index is 0.0309. The first-order chi connectivity index (χ1) is 7.27. The summed E-state index contributed by atoms with van der Waals surface area (Å²) >= 11 is 0. The standard InChI is InChI=1S/C9H15N5O/c1-13-7-11-12-8(13)3-6-14-5-2-4-10-9(14)15/h7H,2-6H2,1H3,(H,10,15). The SMILES string of the molecule is Cn1cnnc1CCN1CCCNC1=O. The number of hydrogen-bond donors (Lipinski definition) is 1. The lowest BCUT2D eigenvalue weighted by atomic mass is 10.3. The van der Waals surface area contributed by atoms with Crippen LogP contribution in [-0.2, 0) is 13.5 Å². The fourth-order valence-electron chi connectivity index (χ4n) is 1.66. The number of aromatic nitrogens is 3. The molecule has 1 saturated heterocycles. The maximum atomic E-state index is 11.4. The summed E-state index contributed by atoms with van der Waals surface area (Å²) in [6.45, 7) is 2.33. The maximum absolute atomic E-state index is 11.4. The lowest BCUT2D eigenvalue weighted by Gasteiger charge is -2.27. The van der Waals surface area contributed by atoms with E-state index in [0.29, 0.717) is 6.54 Å². The number of nitrogens with zero attached hydrogens (tertiary/aromatic N) is 4. The number of amides is 2. The molecule has 1 fully saturated rings. The molecule has 0 saturated carbocycles. The average Bonchev–Trinajstić information content (AvgIpc) is 2.63. The van der Waals surface area contributed by atoms with Gasteiger partial charge in [-0.15, -0.1) is 10.2 Å². The van der Waals surface area contributed by atoms with Crippen LogP contribution in [0.15, 0.2) is 6.33 Å². The molecule has 2 heterocycles. The molecule has 15 heavy (non-hydrogen) atoms. The second-order valence-corrected chi connectivity index (χ2v) is 3.68. The van der Waals surface area contributed by atoms with Crippen molar-refractivity contribution in [2.24, 2.45) is 7.05 Å². The number of urea groups is 1. The van der Waals surface area contributed by atoms with Crippen molar-refractivity contribution < 1.29 is 4.79 Å². The van der Waals surface area contributed by atoms with Crippen molar-refractivity contribution in [1.29, 1.82) is 0 Å². The van der Waals surface area contributed by atoms with E-state index >= 15 is 0 Å². The maximum Gasteiger partial charge on any atom is 0.317 e. The van der Waals surface area contributed by atoms with Gasteiger partial charge in [0.2, 0.25) is 0 Å². The number of carbonyl (C=O) groups excluding carboxylic acids is 1. The van der Waals surface area contributed by atoms with Gasteiger partial charge in [-0.1, -0.05) is 0 Å². The number of nitrogens with one attached hydrogen (secondary N) is 1. The number of aryl methyl sites for hydroxylation is 1. The predicted molar refractivity (Wildman–Crippen MR) is 54.3 cm³/mol. The molecule has 2 rings (SSSR count). The van der Waals surface area contributed by atoms with Gasteiger partial charge in [0.15, 0.2) is 0 Å². The molecule has 1 aliphatic rings. The molecule has 0 spiro atoms. The van der Waals surface area contributed by atoms with Gasteiger partial charge >= 0.3 is 6.03 Å². The highest BCUT2D eigenvalue weighted by Crippen LogP contribution is 2.01. The Hall–Kier alpha value is -1.59. The second kappa shape index (κ2) is 4.29. The highest BCUT2D eigenvalue weighted by atomic mass is 16.2. The van der Waals surface area contributed by atoms with Crippen molar-refractivity contribution in [2.75, 3.05) is 19.6 Å². The topological polar surface area (TPSA) is 63.1 Å². The van der Waals surface area contributed by atoms with E-state index in [9.17, 15) is 4.79 Å². The molecule has 0 aliphatic carbocycles. The third-order valence-electron chi connectivity index (χ3n) is 2.58. The van der Waals surface area contributed by atoms with Crippen LogP contribution in [0.2, 0.25) is 0 Å². The van der Waals surface area contributed by atoms with Crippen LogP contribution in [0.5, 0.6) is 0 Å². The van der Waals surface area contributed by atoms with Crippen LogP contribution in [0, 0.1) is 0 Å². The Morgan fingerprint density at radius 3 is 3.13 bits per heavy atom. The molecule has 1 aliphatic heterocycles. The molecule has 1 N–H and O–H groups in total. The Morgan fingerprint density at radius 2 is 2.47 bits per heavy atom. The first-order valence-corrected chi connectivity index (χ1v) is 5.13. The molecule has 6 heteroatoms.